The van der Waals surface area contributed by atoms with Crippen LogP contribution >= 0.6 is 0 Å². The lowest BCUT2D eigenvalue weighted by atomic mass is 9.99. The zero-order valence-electron chi connectivity index (χ0n) is 37.4. The van der Waals surface area contributed by atoms with Crippen molar-refractivity contribution in [3.8, 4) is 11.4 Å². The smallest absolute Gasteiger partial charge is 0.0546 e. The third-order valence-corrected chi connectivity index (χ3v) is 13.0. The molecule has 0 saturated heterocycles. The number of hydrogen-bond acceptors (Lipinski definition) is 1. The number of benzene rings is 9. The van der Waals surface area contributed by atoms with Gasteiger partial charge in [-0.15, -0.1) is 0 Å². The van der Waals surface area contributed by atoms with Crippen molar-refractivity contribution in [1.82, 2.24) is 9.13 Å². The lowest BCUT2D eigenvalue weighted by molar-refractivity contribution is 1.04. The van der Waals surface area contributed by atoms with Gasteiger partial charge in [0.1, 0.15) is 0 Å². The van der Waals surface area contributed by atoms with Gasteiger partial charge in [-0.1, -0.05) is 164 Å². The van der Waals surface area contributed by atoms with E-state index in [1.165, 1.54) is 88.5 Å². The Balaban J connectivity index is 0.000000218. The van der Waals surface area contributed by atoms with Crippen molar-refractivity contribution in [3.63, 3.8) is 0 Å². The van der Waals surface area contributed by atoms with Gasteiger partial charge < -0.3 is 14.0 Å². The predicted molar refractivity (Wildman–Crippen MR) is 281 cm³/mol. The van der Waals surface area contributed by atoms with Gasteiger partial charge in [0, 0.05) is 50.3 Å². The summed E-state index contributed by atoms with van der Waals surface area (Å²) in [6.07, 6.45) is 6.32. The van der Waals surface area contributed by atoms with Gasteiger partial charge in [-0.2, -0.15) is 0 Å². The van der Waals surface area contributed by atoms with E-state index in [0.717, 1.165) is 22.5 Å². The molecule has 0 aliphatic carbocycles. The van der Waals surface area contributed by atoms with Gasteiger partial charge in [-0.05, 0) is 138 Å². The summed E-state index contributed by atoms with van der Waals surface area (Å²) in [5, 5.41) is 7.61. The molecule has 0 aliphatic rings. The molecule has 11 aromatic rings. The highest BCUT2D eigenvalue weighted by molar-refractivity contribution is 6.14. The largest absolute Gasteiger partial charge is 0.314 e. The number of nitrogens with zero attached hydrogens (tertiary/aromatic N) is 3. The van der Waals surface area contributed by atoms with Gasteiger partial charge >= 0.3 is 0 Å². The SMILES string of the molecule is C=Cc1ccc2c(C)c(C)n(-c3ccccc3)c2c1.Cc1c(C)n(-c2ccccc2)c2cc(/C=C/c3ccc(N(c4ccccc4)c4cc5ccccc5c5ccccc45)cc3)ccc12. The standard InChI is InChI=1S/C44H34N2.C18H17N/c1-31-32(2)45(36-14-5-3-6-15-36)43-29-34(25-28-39(31)43)22-21-33-23-26-38(27-24-33)46(37-16-7-4-8-17-37)44-30-35-13-9-10-18-40(35)41-19-11-12-20-42(41)44;1-4-15-10-11-17-13(2)14(3)19(18(17)12-15)16-8-6-5-7-9-16/h3-30H,1-2H3;4-12H,1H2,2-3H3/b22-21+;. The molecule has 0 atom stereocenters. The van der Waals surface area contributed by atoms with Crippen LogP contribution in [0, 0.1) is 27.7 Å². The highest BCUT2D eigenvalue weighted by Crippen LogP contribution is 2.42. The summed E-state index contributed by atoms with van der Waals surface area (Å²) in [7, 11) is 0. The molecule has 314 valence electrons. The quantitative estimate of drug-likeness (QED) is 0.110. The van der Waals surface area contributed by atoms with Crippen molar-refractivity contribution in [2.45, 2.75) is 27.7 Å². The Labute approximate surface area is 382 Å². The lowest BCUT2D eigenvalue weighted by Gasteiger charge is -2.27. The minimum absolute atomic E-state index is 1.12. The van der Waals surface area contributed by atoms with E-state index in [-0.39, 0.29) is 0 Å². The molecule has 0 spiro atoms. The number of fused-ring (bicyclic) bond motifs is 5. The van der Waals surface area contributed by atoms with Crippen molar-refractivity contribution in [2.75, 3.05) is 4.90 Å². The number of rotatable bonds is 8. The average Bonchev–Trinajstić information content (AvgIpc) is 3.77. The summed E-state index contributed by atoms with van der Waals surface area (Å²) in [5.41, 5.74) is 17.0. The maximum Gasteiger partial charge on any atom is 0.0546 e. The molecule has 0 amide bonds. The molecule has 0 bridgehead atoms. The third kappa shape index (κ3) is 7.72. The number of para-hydroxylation sites is 3. The van der Waals surface area contributed by atoms with Crippen LogP contribution in [0.2, 0.25) is 0 Å². The number of aryl methyl sites for hydroxylation is 2. The minimum atomic E-state index is 1.12. The first-order chi connectivity index (χ1) is 31.9. The van der Waals surface area contributed by atoms with E-state index < -0.39 is 0 Å². The number of aromatic nitrogens is 2. The van der Waals surface area contributed by atoms with Crippen LogP contribution in [-0.2, 0) is 0 Å². The molecule has 11 rings (SSSR count). The fourth-order valence-electron chi connectivity index (χ4n) is 9.39. The van der Waals surface area contributed by atoms with Gasteiger partial charge in [-0.25, -0.2) is 0 Å². The van der Waals surface area contributed by atoms with E-state index in [9.17, 15) is 0 Å². The van der Waals surface area contributed by atoms with Crippen molar-refractivity contribution in [2.24, 2.45) is 0 Å². The molecule has 3 heteroatoms. The van der Waals surface area contributed by atoms with Crippen molar-refractivity contribution >= 4 is 78.6 Å². The molecule has 0 radical (unpaired) electrons. The topological polar surface area (TPSA) is 13.1 Å². The predicted octanol–water partition coefficient (Wildman–Crippen LogP) is 17.1. The summed E-state index contributed by atoms with van der Waals surface area (Å²) < 4.78 is 4.68. The normalized spacial score (nSPS) is 11.4. The molecular weight excluding hydrogens is 787 g/mol. The van der Waals surface area contributed by atoms with Crippen molar-refractivity contribution in [3.05, 3.63) is 252 Å². The Morgan fingerprint density at radius 1 is 0.385 bits per heavy atom. The Kier molecular flexibility index (Phi) is 11.0. The number of anilines is 3. The molecule has 0 unspecified atom stereocenters. The highest BCUT2D eigenvalue weighted by Gasteiger charge is 2.18. The van der Waals surface area contributed by atoms with Crippen LogP contribution in [0.15, 0.2) is 213 Å². The van der Waals surface area contributed by atoms with Crippen LogP contribution < -0.4 is 4.90 Å². The lowest BCUT2D eigenvalue weighted by Crippen LogP contribution is -2.10. The van der Waals surface area contributed by atoms with Crippen LogP contribution in [0.5, 0.6) is 0 Å². The summed E-state index contributed by atoms with van der Waals surface area (Å²) in [6, 6.07) is 73.7. The van der Waals surface area contributed by atoms with Crippen molar-refractivity contribution in [1.29, 1.82) is 0 Å². The van der Waals surface area contributed by atoms with E-state index in [0.29, 0.717) is 0 Å². The Bertz CT molecular complexity index is 3520. The zero-order chi connectivity index (χ0) is 44.4. The minimum Gasteiger partial charge on any atom is -0.314 e. The summed E-state index contributed by atoms with van der Waals surface area (Å²) >= 11 is 0. The van der Waals surface area contributed by atoms with Gasteiger partial charge in [0.05, 0.1) is 16.7 Å². The third-order valence-electron chi connectivity index (χ3n) is 13.0. The summed E-state index contributed by atoms with van der Waals surface area (Å²) in [6.45, 7) is 12.6. The van der Waals surface area contributed by atoms with Crippen molar-refractivity contribution < 1.29 is 0 Å². The van der Waals surface area contributed by atoms with Crippen LogP contribution in [-0.4, -0.2) is 9.13 Å². The van der Waals surface area contributed by atoms with Gasteiger partial charge in [0.15, 0.2) is 0 Å². The second-order valence-electron chi connectivity index (χ2n) is 16.8. The molecule has 0 aliphatic heterocycles. The molecule has 9 aromatic carbocycles. The first-order valence-electron chi connectivity index (χ1n) is 22.4. The second kappa shape index (κ2) is 17.6. The first kappa shape index (κ1) is 40.9. The van der Waals surface area contributed by atoms with Crippen LogP contribution in [0.25, 0.3) is 73.0 Å². The van der Waals surface area contributed by atoms with Crippen LogP contribution in [0.1, 0.15) is 39.2 Å². The fraction of sp³-hybridized carbons (Fsp3) is 0.0645. The van der Waals surface area contributed by atoms with Gasteiger partial charge in [-0.3, -0.25) is 0 Å². The van der Waals surface area contributed by atoms with Gasteiger partial charge in [0.2, 0.25) is 0 Å². The summed E-state index contributed by atoms with van der Waals surface area (Å²) in [5.74, 6) is 0. The van der Waals surface area contributed by atoms with E-state index in [2.05, 4.69) is 261 Å². The van der Waals surface area contributed by atoms with E-state index >= 15 is 0 Å². The fourth-order valence-corrected chi connectivity index (χ4v) is 9.39. The molecule has 65 heavy (non-hydrogen) atoms. The summed E-state index contributed by atoms with van der Waals surface area (Å²) in [4.78, 5) is 2.37. The molecule has 3 nitrogen and oxygen atoms in total. The second-order valence-corrected chi connectivity index (χ2v) is 16.8. The number of hydrogen-bond donors (Lipinski definition) is 0. The molecule has 0 fully saturated rings. The maximum atomic E-state index is 3.86. The molecule has 2 heterocycles. The molecular formula is C62H51N3. The highest BCUT2D eigenvalue weighted by atomic mass is 15.1. The molecule has 0 N–H and O–H groups in total. The zero-order valence-corrected chi connectivity index (χ0v) is 37.4. The van der Waals surface area contributed by atoms with Crippen LogP contribution in [0.3, 0.4) is 0 Å². The Morgan fingerprint density at radius 3 is 1.42 bits per heavy atom. The van der Waals surface area contributed by atoms with Gasteiger partial charge in [0.25, 0.3) is 0 Å². The van der Waals surface area contributed by atoms with E-state index in [1.54, 1.807) is 0 Å². The molecule has 2 aromatic heterocycles. The average molecular weight is 838 g/mol. The first-order valence-corrected chi connectivity index (χ1v) is 22.4. The Morgan fingerprint density at radius 2 is 0.831 bits per heavy atom. The molecule has 0 saturated carbocycles. The van der Waals surface area contributed by atoms with Crippen LogP contribution in [0.4, 0.5) is 17.1 Å². The maximum absolute atomic E-state index is 3.86. The van der Waals surface area contributed by atoms with E-state index in [4.69, 9.17) is 0 Å². The Hall–Kier alpha value is -8.14. The monoisotopic (exact) mass is 837 g/mol. The van der Waals surface area contributed by atoms with E-state index in [1.807, 2.05) is 12.1 Å².